The summed E-state index contributed by atoms with van der Waals surface area (Å²) < 4.78 is 34.1. The number of Topliss-reactive ketones (excluding diaryl/α,β-unsaturated/α-hetero) is 1. The molecule has 0 radical (unpaired) electrons. The Hall–Kier alpha value is -7.32. The van der Waals surface area contributed by atoms with Crippen LogP contribution in [0.25, 0.3) is 22.6 Å². The Kier molecular flexibility index (Phi) is 26.9. The van der Waals surface area contributed by atoms with Gasteiger partial charge in [0.05, 0.1) is 62.2 Å². The number of amides is 5. The molecule has 5 aromatic rings. The molecule has 91 heavy (non-hydrogen) atoms. The van der Waals surface area contributed by atoms with Crippen molar-refractivity contribution in [2.75, 3.05) is 55.9 Å². The first-order valence-corrected chi connectivity index (χ1v) is 31.8. The van der Waals surface area contributed by atoms with Crippen LogP contribution in [0.3, 0.4) is 0 Å². The monoisotopic (exact) mass is 1300 g/mol. The number of aliphatic carboxylic acids is 1. The van der Waals surface area contributed by atoms with Crippen LogP contribution in [0.15, 0.2) is 118 Å². The Morgan fingerprint density at radius 1 is 0.582 bits per heavy atom. The molecule has 2 saturated heterocycles. The van der Waals surface area contributed by atoms with Gasteiger partial charge in [-0.15, -0.1) is 0 Å². The van der Waals surface area contributed by atoms with Crippen molar-refractivity contribution in [2.45, 2.75) is 125 Å². The van der Waals surface area contributed by atoms with Crippen LogP contribution in [-0.4, -0.2) is 212 Å². The molecule has 0 aliphatic carbocycles. The third kappa shape index (κ3) is 20.1. The van der Waals surface area contributed by atoms with E-state index in [-0.39, 0.29) is 42.5 Å². The zero-order valence-corrected chi connectivity index (χ0v) is 51.6. The van der Waals surface area contributed by atoms with E-state index in [1.165, 1.54) is 43.0 Å². The summed E-state index contributed by atoms with van der Waals surface area (Å²) in [4.78, 5) is 101. The van der Waals surface area contributed by atoms with E-state index >= 15 is 0 Å². The lowest BCUT2D eigenvalue weighted by Crippen LogP contribution is -2.68. The predicted molar refractivity (Wildman–Crippen MR) is 330 cm³/mol. The number of aliphatic hydroxyl groups excluding tert-OH is 6. The number of carbonyl (C=O) groups excluding carboxylic acids is 7. The van der Waals surface area contributed by atoms with Crippen molar-refractivity contribution in [3.63, 3.8) is 0 Å². The third-order valence-electron chi connectivity index (χ3n) is 15.0. The average molecular weight is 1300 g/mol. The molecule has 7 rings (SSSR count). The predicted octanol–water partition coefficient (Wildman–Crippen LogP) is 2.47. The van der Waals surface area contributed by atoms with E-state index in [9.17, 15) is 74.1 Å². The smallest absolute Gasteiger partial charge is 0.364 e. The number of benzene rings is 3. The average Bonchev–Trinajstić information content (AvgIpc) is 2.09. The minimum absolute atomic E-state index is 0.0251. The number of thioether (sulfide) groups is 2. The molecule has 2 aliphatic rings. The second-order valence-electron chi connectivity index (χ2n) is 21.8. The number of nitrogens with one attached hydrogen (secondary N) is 5. The van der Waals surface area contributed by atoms with Crippen molar-refractivity contribution in [2.24, 2.45) is 0 Å². The molecular formula is C63H77N5O21S2. The summed E-state index contributed by atoms with van der Waals surface area (Å²) >= 11 is 2.97. The lowest BCUT2D eigenvalue weighted by atomic mass is 9.88. The van der Waals surface area contributed by atoms with E-state index in [2.05, 4.69) is 26.6 Å². The molecule has 2 aromatic heterocycles. The van der Waals surface area contributed by atoms with Gasteiger partial charge in [-0.2, -0.15) is 23.5 Å². The third-order valence-corrected chi connectivity index (χ3v) is 17.2. The first kappa shape index (κ1) is 71.1. The van der Waals surface area contributed by atoms with Crippen molar-refractivity contribution >= 4 is 71.1 Å². The van der Waals surface area contributed by atoms with Gasteiger partial charge in [-0.3, -0.25) is 33.6 Å². The first-order chi connectivity index (χ1) is 43.6. The van der Waals surface area contributed by atoms with Gasteiger partial charge < -0.3 is 90.1 Å². The number of rotatable bonds is 35. The summed E-state index contributed by atoms with van der Waals surface area (Å²) in [6.45, 7) is 1.48. The fourth-order valence-corrected chi connectivity index (χ4v) is 11.9. The standard InChI is InChI=1S/C63H77N5O21S2/c1-37(70)67-52-46(73)32-62(36-69,88-56(52)54(77)48(75)34-65-59(80)43-19-13-40(14-20-43)50-9-3-24-84-50)86-26-6-30-91-31-23-64-58(79)42-17-11-39(12-18-42)45(72)8-5-28-90-29-7-27-87-63(61(82)83)33-47(74)53(68-38(2)71)57(89-63)55(78)49(76)35-66-60(81)44-21-15-41(16-22-44)51-10-4-25-85-51/h3-4,9-22,24-25,36,46-49,52-57,73-78H,5-8,23,26-35H2,1-2H3,(H,64,79)(H,65,80)(H,66,81)(H,67,70)(H,68,71)(H,82,83)/t46-,47-,48+,49+,52+,53+,54+,55+,56+,57+,62+,63+/m0/s1. The van der Waals surface area contributed by atoms with E-state index < -0.39 is 128 Å². The number of carboxylic acid groups (broad SMARTS) is 1. The lowest BCUT2D eigenvalue weighted by molar-refractivity contribution is -0.310. The van der Waals surface area contributed by atoms with Crippen LogP contribution in [0.1, 0.15) is 93.8 Å². The van der Waals surface area contributed by atoms with Gasteiger partial charge in [0, 0.05) is 91.9 Å². The Balaban J connectivity index is 0.763. The minimum atomic E-state index is -2.48. The van der Waals surface area contributed by atoms with Crippen LogP contribution in [0.5, 0.6) is 0 Å². The Morgan fingerprint density at radius 2 is 1.02 bits per heavy atom. The number of aldehydes is 1. The fraction of sp³-hybridized carbons (Fsp3) is 0.460. The van der Waals surface area contributed by atoms with Crippen LogP contribution in [-0.2, 0) is 38.1 Å². The van der Waals surface area contributed by atoms with E-state index in [0.717, 1.165) is 18.1 Å². The van der Waals surface area contributed by atoms with Gasteiger partial charge in [0.2, 0.25) is 17.6 Å². The Bertz CT molecular complexity index is 3180. The summed E-state index contributed by atoms with van der Waals surface area (Å²) in [5.41, 5.74) is 2.73. The molecule has 2 aliphatic heterocycles. The van der Waals surface area contributed by atoms with Gasteiger partial charge in [0.15, 0.2) is 12.1 Å². The number of aliphatic hydroxyl groups is 6. The molecule has 0 bridgehead atoms. The number of hydrogen-bond donors (Lipinski definition) is 12. The number of carboxylic acids is 1. The number of ketones is 1. The largest absolute Gasteiger partial charge is 0.477 e. The van der Waals surface area contributed by atoms with Crippen molar-refractivity contribution in [1.82, 2.24) is 26.6 Å². The topological polar surface area (TPSA) is 402 Å². The summed E-state index contributed by atoms with van der Waals surface area (Å²) in [7, 11) is 0. The lowest BCUT2D eigenvalue weighted by Gasteiger charge is -2.46. The van der Waals surface area contributed by atoms with Crippen LogP contribution in [0, 0.1) is 0 Å². The molecule has 3 aromatic carbocycles. The fourth-order valence-electron chi connectivity index (χ4n) is 10.2. The summed E-state index contributed by atoms with van der Waals surface area (Å²) in [6, 6.07) is 23.5. The number of ether oxygens (including phenoxy) is 4. The molecule has 12 atom stereocenters. The second kappa shape index (κ2) is 34.4. The zero-order valence-electron chi connectivity index (χ0n) is 50.0. The molecular weight excluding hydrogens is 1230 g/mol. The first-order valence-electron chi connectivity index (χ1n) is 29.5. The highest BCUT2D eigenvalue weighted by molar-refractivity contribution is 7.99. The Morgan fingerprint density at radius 3 is 1.49 bits per heavy atom. The molecule has 492 valence electrons. The van der Waals surface area contributed by atoms with Crippen molar-refractivity contribution in [1.29, 1.82) is 0 Å². The van der Waals surface area contributed by atoms with Gasteiger partial charge in [-0.25, -0.2) is 4.79 Å². The van der Waals surface area contributed by atoms with E-state index in [4.69, 9.17) is 27.8 Å². The van der Waals surface area contributed by atoms with Gasteiger partial charge in [-0.05, 0) is 97.2 Å². The van der Waals surface area contributed by atoms with E-state index in [1.54, 1.807) is 97.1 Å². The SMILES string of the molecule is CC(=O)N[C@H]1[C@H]([C@H](O)[C@H](O)CNC(=O)c2ccc(-c3ccco3)cc2)O[C@](C=O)(OCCCSCCNC(=O)c2ccc(C(=O)CCCSCCCO[C@]3(C(=O)O)C[C@H](O)[C@@H](NC(C)=O)[C@H]([C@H](O)[C@H](O)CNC(=O)c4ccc(-c5ccco5)cc4)O3)cc2)C[C@@H]1O. The summed E-state index contributed by atoms with van der Waals surface area (Å²) in [5.74, 6) is -5.69. The van der Waals surface area contributed by atoms with Crippen LogP contribution in [0.4, 0.5) is 0 Å². The molecule has 12 N–H and O–H groups in total. The zero-order chi connectivity index (χ0) is 65.7. The molecule has 0 unspecified atom stereocenters. The highest BCUT2D eigenvalue weighted by Crippen LogP contribution is 2.35. The van der Waals surface area contributed by atoms with Gasteiger partial charge in [0.25, 0.3) is 23.5 Å². The van der Waals surface area contributed by atoms with Crippen LogP contribution < -0.4 is 26.6 Å². The van der Waals surface area contributed by atoms with Gasteiger partial charge in [-0.1, -0.05) is 36.4 Å². The van der Waals surface area contributed by atoms with Crippen molar-refractivity contribution in [3.8, 4) is 22.6 Å². The van der Waals surface area contributed by atoms with Gasteiger partial charge in [0.1, 0.15) is 35.9 Å². The molecule has 2 fully saturated rings. The molecule has 0 spiro atoms. The van der Waals surface area contributed by atoms with Crippen molar-refractivity contribution < 1.29 is 102 Å². The van der Waals surface area contributed by atoms with Gasteiger partial charge >= 0.3 is 5.97 Å². The molecule has 5 amide bonds. The molecule has 0 saturated carbocycles. The highest BCUT2D eigenvalue weighted by Gasteiger charge is 2.56. The van der Waals surface area contributed by atoms with Crippen LogP contribution in [0.2, 0.25) is 0 Å². The maximum Gasteiger partial charge on any atom is 0.364 e. The second-order valence-corrected chi connectivity index (χ2v) is 24.2. The maximum absolute atomic E-state index is 13.0. The maximum atomic E-state index is 13.0. The summed E-state index contributed by atoms with van der Waals surface area (Å²) in [6.07, 6.45) is -9.67. The Labute approximate surface area is 532 Å². The normalized spacial score (nSPS) is 22.7. The van der Waals surface area contributed by atoms with Crippen molar-refractivity contribution in [3.05, 3.63) is 132 Å². The quantitative estimate of drug-likeness (QED) is 0.0157. The minimum Gasteiger partial charge on any atom is -0.477 e. The summed E-state index contributed by atoms with van der Waals surface area (Å²) in [5, 5.41) is 89.9. The van der Waals surface area contributed by atoms with E-state index in [1.807, 2.05) is 0 Å². The van der Waals surface area contributed by atoms with Crippen LogP contribution >= 0.6 is 23.5 Å². The van der Waals surface area contributed by atoms with E-state index in [0.29, 0.717) is 77.8 Å². The highest BCUT2D eigenvalue weighted by atomic mass is 32.2. The molecule has 28 heteroatoms. The molecule has 4 heterocycles. The molecule has 26 nitrogen and oxygen atoms in total. The number of hydrogen-bond acceptors (Lipinski definition) is 22. The number of carbonyl (C=O) groups is 8. The number of furan rings is 2.